The van der Waals surface area contributed by atoms with Crippen molar-refractivity contribution in [2.45, 2.75) is 25.3 Å². The van der Waals surface area contributed by atoms with Gasteiger partial charge in [-0.1, -0.05) is 18.2 Å². The van der Waals surface area contributed by atoms with E-state index in [-0.39, 0.29) is 5.56 Å². The van der Waals surface area contributed by atoms with E-state index in [2.05, 4.69) is 14.9 Å². The van der Waals surface area contributed by atoms with Gasteiger partial charge in [-0.25, -0.2) is 14.8 Å². The smallest absolute Gasteiger partial charge is 0.336 e. The molecule has 0 amide bonds. The maximum atomic E-state index is 11.4. The van der Waals surface area contributed by atoms with Crippen molar-refractivity contribution in [1.82, 2.24) is 14.9 Å². The third-order valence-electron chi connectivity index (χ3n) is 5.08. The van der Waals surface area contributed by atoms with Gasteiger partial charge in [0.2, 0.25) is 5.95 Å². The Labute approximate surface area is 162 Å². The monoisotopic (exact) mass is 378 g/mol. The molecule has 3 N–H and O–H groups in total. The molecule has 144 valence electrons. The molecule has 1 aromatic carbocycles. The predicted octanol–water partition coefficient (Wildman–Crippen LogP) is 3.40. The Morgan fingerprint density at radius 1 is 1.25 bits per heavy atom. The average molecular weight is 378 g/mol. The molecule has 0 aliphatic carbocycles. The summed E-state index contributed by atoms with van der Waals surface area (Å²) in [7, 11) is 0. The maximum Gasteiger partial charge on any atom is 0.336 e. The van der Waals surface area contributed by atoms with E-state index in [0.29, 0.717) is 29.7 Å². The Hall–Kier alpha value is -3.19. The number of hydrogen-bond acceptors (Lipinski definition) is 6. The lowest BCUT2D eigenvalue weighted by Crippen LogP contribution is -2.34. The summed E-state index contributed by atoms with van der Waals surface area (Å²) >= 11 is 0. The van der Waals surface area contributed by atoms with Crippen LogP contribution in [0, 0.1) is 0 Å². The number of carboxylic acids is 1. The van der Waals surface area contributed by atoms with E-state index < -0.39 is 5.97 Å². The van der Waals surface area contributed by atoms with E-state index in [1.54, 1.807) is 24.4 Å². The van der Waals surface area contributed by atoms with Crippen LogP contribution in [0.25, 0.3) is 11.3 Å². The third kappa shape index (κ3) is 3.89. The first-order valence-corrected chi connectivity index (χ1v) is 9.32. The third-order valence-corrected chi connectivity index (χ3v) is 5.08. The highest BCUT2D eigenvalue weighted by Gasteiger charge is 2.23. The van der Waals surface area contributed by atoms with Crippen LogP contribution in [0.5, 0.6) is 0 Å². The van der Waals surface area contributed by atoms with Crippen LogP contribution >= 0.6 is 0 Å². The van der Waals surface area contributed by atoms with Crippen LogP contribution in [0.4, 0.5) is 5.95 Å². The minimum absolute atomic E-state index is 0.239. The second-order valence-corrected chi connectivity index (χ2v) is 7.03. The Kier molecular flexibility index (Phi) is 5.08. The number of nitrogens with two attached hydrogens (primary N) is 1. The Morgan fingerprint density at radius 3 is 2.93 bits per heavy atom. The van der Waals surface area contributed by atoms with E-state index in [1.165, 1.54) is 0 Å². The van der Waals surface area contributed by atoms with Crippen LogP contribution in [-0.4, -0.2) is 39.0 Å². The average Bonchev–Trinajstić information content (AvgIpc) is 3.16. The van der Waals surface area contributed by atoms with Gasteiger partial charge >= 0.3 is 5.97 Å². The zero-order valence-corrected chi connectivity index (χ0v) is 15.4. The molecule has 28 heavy (non-hydrogen) atoms. The van der Waals surface area contributed by atoms with Crippen molar-refractivity contribution in [2.75, 3.05) is 18.8 Å². The molecule has 0 spiro atoms. The number of carboxylic acid groups (broad SMARTS) is 1. The largest absolute Gasteiger partial charge is 0.478 e. The van der Waals surface area contributed by atoms with Crippen molar-refractivity contribution in [2.24, 2.45) is 0 Å². The van der Waals surface area contributed by atoms with E-state index in [1.807, 2.05) is 24.3 Å². The predicted molar refractivity (Wildman–Crippen MR) is 105 cm³/mol. The van der Waals surface area contributed by atoms with Crippen LogP contribution in [0.2, 0.25) is 0 Å². The first-order valence-electron chi connectivity index (χ1n) is 9.32. The lowest BCUT2D eigenvalue weighted by atomic mass is 9.94. The molecule has 3 heterocycles. The number of benzene rings is 1. The summed E-state index contributed by atoms with van der Waals surface area (Å²) in [4.78, 5) is 22.1. The van der Waals surface area contributed by atoms with E-state index in [0.717, 1.165) is 37.4 Å². The fourth-order valence-corrected chi connectivity index (χ4v) is 3.77. The molecular formula is C21H22N4O3. The number of aromatic carboxylic acids is 1. The van der Waals surface area contributed by atoms with Crippen LogP contribution in [0.1, 0.15) is 40.6 Å². The summed E-state index contributed by atoms with van der Waals surface area (Å²) in [6, 6.07) is 12.6. The molecule has 3 aromatic rings. The number of rotatable bonds is 5. The molecule has 0 radical (unpaired) electrons. The topological polar surface area (TPSA) is 105 Å². The Morgan fingerprint density at radius 2 is 2.11 bits per heavy atom. The highest BCUT2D eigenvalue weighted by atomic mass is 16.4. The number of piperidine rings is 1. The van der Waals surface area contributed by atoms with Crippen molar-refractivity contribution in [3.05, 3.63) is 65.7 Å². The highest BCUT2D eigenvalue weighted by molar-refractivity contribution is 5.95. The number of carbonyl (C=O) groups is 1. The van der Waals surface area contributed by atoms with E-state index in [9.17, 15) is 9.90 Å². The van der Waals surface area contributed by atoms with Crippen molar-refractivity contribution in [3.63, 3.8) is 0 Å². The van der Waals surface area contributed by atoms with Gasteiger partial charge in [-0.15, -0.1) is 0 Å². The van der Waals surface area contributed by atoms with Crippen molar-refractivity contribution < 1.29 is 14.3 Å². The van der Waals surface area contributed by atoms with E-state index >= 15 is 0 Å². The van der Waals surface area contributed by atoms with Crippen LogP contribution in [0.3, 0.4) is 0 Å². The number of aromatic nitrogens is 2. The Bertz CT molecular complexity index is 985. The summed E-state index contributed by atoms with van der Waals surface area (Å²) in [5, 5.41) is 9.38. The molecule has 1 aliphatic rings. The van der Waals surface area contributed by atoms with Crippen LogP contribution in [0.15, 0.2) is 53.1 Å². The number of furan rings is 1. The zero-order valence-electron chi connectivity index (χ0n) is 15.4. The quantitative estimate of drug-likeness (QED) is 0.701. The van der Waals surface area contributed by atoms with Crippen molar-refractivity contribution in [3.8, 4) is 11.3 Å². The second kappa shape index (κ2) is 7.82. The molecule has 1 saturated heterocycles. The number of nitrogens with zero attached hydrogens (tertiary/aromatic N) is 3. The molecule has 2 aromatic heterocycles. The lowest BCUT2D eigenvalue weighted by molar-refractivity contribution is 0.0697. The summed E-state index contributed by atoms with van der Waals surface area (Å²) in [6.07, 6.45) is 3.85. The van der Waals surface area contributed by atoms with Gasteiger partial charge in [-0.2, -0.15) is 0 Å². The number of hydrogen-bond donors (Lipinski definition) is 2. The lowest BCUT2D eigenvalue weighted by Gasteiger charge is -2.31. The van der Waals surface area contributed by atoms with Crippen molar-refractivity contribution >= 4 is 11.9 Å². The fourth-order valence-electron chi connectivity index (χ4n) is 3.77. The molecule has 1 fully saturated rings. The standard InChI is InChI=1S/C21H22N4O3/c22-21-23-10-9-18(24-21)14-4-3-11-25(12-14)13-15-7-8-19(28-15)16-5-1-2-6-17(16)20(26)27/h1-2,5-10,14H,3-4,11-13H2,(H,26,27)(H2,22,23,24). The molecule has 1 unspecified atom stereocenters. The molecule has 0 saturated carbocycles. The number of anilines is 1. The zero-order chi connectivity index (χ0) is 19.5. The number of likely N-dealkylation sites (tertiary alicyclic amines) is 1. The molecule has 7 heteroatoms. The highest BCUT2D eigenvalue weighted by Crippen LogP contribution is 2.29. The molecule has 4 rings (SSSR count). The van der Waals surface area contributed by atoms with Gasteiger partial charge in [-0.3, -0.25) is 4.90 Å². The summed E-state index contributed by atoms with van der Waals surface area (Å²) in [6.45, 7) is 2.53. The second-order valence-electron chi connectivity index (χ2n) is 7.03. The van der Waals surface area contributed by atoms with Gasteiger partial charge in [0.1, 0.15) is 11.5 Å². The number of nitrogen functional groups attached to an aromatic ring is 1. The summed E-state index contributed by atoms with van der Waals surface area (Å²) in [5.74, 6) is 1.06. The van der Waals surface area contributed by atoms with Gasteiger partial charge in [-0.05, 0) is 43.7 Å². The molecular weight excluding hydrogens is 356 g/mol. The van der Waals surface area contributed by atoms with Gasteiger partial charge in [0.15, 0.2) is 0 Å². The Balaban J connectivity index is 1.48. The van der Waals surface area contributed by atoms with Crippen LogP contribution < -0.4 is 5.73 Å². The summed E-state index contributed by atoms with van der Waals surface area (Å²) in [5.41, 5.74) is 7.53. The van der Waals surface area contributed by atoms with Gasteiger partial charge in [0.25, 0.3) is 0 Å². The molecule has 7 nitrogen and oxygen atoms in total. The minimum Gasteiger partial charge on any atom is -0.478 e. The first-order chi connectivity index (χ1) is 13.6. The minimum atomic E-state index is -0.962. The maximum absolute atomic E-state index is 11.4. The van der Waals surface area contributed by atoms with Gasteiger partial charge < -0.3 is 15.3 Å². The summed E-state index contributed by atoms with van der Waals surface area (Å²) < 4.78 is 5.97. The molecule has 1 aliphatic heterocycles. The molecule has 0 bridgehead atoms. The van der Waals surface area contributed by atoms with Gasteiger partial charge in [0, 0.05) is 24.2 Å². The molecule has 1 atom stereocenters. The first kappa shape index (κ1) is 18.2. The van der Waals surface area contributed by atoms with Gasteiger partial charge in [0.05, 0.1) is 17.8 Å². The normalized spacial score (nSPS) is 17.5. The SMILES string of the molecule is Nc1nccc(C2CCCN(Cc3ccc(-c4ccccc4C(=O)O)o3)C2)n1. The van der Waals surface area contributed by atoms with Crippen molar-refractivity contribution in [1.29, 1.82) is 0 Å². The van der Waals surface area contributed by atoms with E-state index in [4.69, 9.17) is 10.2 Å². The fraction of sp³-hybridized carbons (Fsp3) is 0.286. The van der Waals surface area contributed by atoms with Crippen LogP contribution in [-0.2, 0) is 6.54 Å².